The van der Waals surface area contributed by atoms with Crippen molar-refractivity contribution in [3.8, 4) is 0 Å². The minimum atomic E-state index is -3.39. The molecule has 1 N–H and O–H groups in total. The smallest absolute Gasteiger partial charge is 0.212 e. The van der Waals surface area contributed by atoms with Crippen LogP contribution in [0.2, 0.25) is 0 Å². The lowest BCUT2D eigenvalue weighted by Gasteiger charge is -2.27. The van der Waals surface area contributed by atoms with Gasteiger partial charge in [-0.1, -0.05) is 45.0 Å². The second kappa shape index (κ2) is 9.37. The SMILES string of the molecule is CC.CCCS(=O)(=O)NC1c2ccccc2CC1O[S+]([O-])C(C)(C)C. The van der Waals surface area contributed by atoms with Gasteiger partial charge in [-0.15, -0.1) is 0 Å². The van der Waals surface area contributed by atoms with Gasteiger partial charge in [-0.25, -0.2) is 13.1 Å². The monoisotopic (exact) mass is 389 g/mol. The fourth-order valence-electron chi connectivity index (χ4n) is 2.57. The zero-order valence-corrected chi connectivity index (χ0v) is 17.7. The van der Waals surface area contributed by atoms with E-state index in [4.69, 9.17) is 4.18 Å². The minimum absolute atomic E-state index is 0.0702. The van der Waals surface area contributed by atoms with Crippen LogP contribution in [0.5, 0.6) is 0 Å². The maximum atomic E-state index is 12.3. The van der Waals surface area contributed by atoms with Gasteiger partial charge < -0.3 is 4.55 Å². The van der Waals surface area contributed by atoms with E-state index >= 15 is 0 Å². The highest BCUT2D eigenvalue weighted by atomic mass is 32.2. The first-order valence-corrected chi connectivity index (χ1v) is 11.5. The third-order valence-corrected chi connectivity index (χ3v) is 6.65. The van der Waals surface area contributed by atoms with Gasteiger partial charge in [0.2, 0.25) is 10.0 Å². The lowest BCUT2D eigenvalue weighted by Crippen LogP contribution is -2.40. The van der Waals surface area contributed by atoms with Crippen LogP contribution in [0.3, 0.4) is 0 Å². The predicted molar refractivity (Wildman–Crippen MR) is 104 cm³/mol. The van der Waals surface area contributed by atoms with Crippen LogP contribution in [0.1, 0.15) is 65.1 Å². The highest BCUT2D eigenvalue weighted by Crippen LogP contribution is 2.36. The summed E-state index contributed by atoms with van der Waals surface area (Å²) < 4.78 is 44.6. The van der Waals surface area contributed by atoms with Gasteiger partial charge in [0.1, 0.15) is 17.6 Å². The van der Waals surface area contributed by atoms with Crippen molar-refractivity contribution in [1.29, 1.82) is 0 Å². The fraction of sp³-hybridized carbons (Fsp3) is 0.667. The van der Waals surface area contributed by atoms with Gasteiger partial charge in [0.25, 0.3) is 0 Å². The summed E-state index contributed by atoms with van der Waals surface area (Å²) in [5, 5.41) is 0. The first-order chi connectivity index (χ1) is 11.6. The molecule has 1 aromatic carbocycles. The molecular weight excluding hydrogens is 358 g/mol. The molecule has 0 aliphatic heterocycles. The lowest BCUT2D eigenvalue weighted by atomic mass is 10.1. The molecule has 3 unspecified atom stereocenters. The Morgan fingerprint density at radius 2 is 1.88 bits per heavy atom. The highest BCUT2D eigenvalue weighted by Gasteiger charge is 2.41. The van der Waals surface area contributed by atoms with Crippen molar-refractivity contribution in [3.05, 3.63) is 35.4 Å². The molecule has 2 rings (SSSR count). The number of nitrogens with one attached hydrogen (secondary N) is 1. The van der Waals surface area contributed by atoms with E-state index in [1.54, 1.807) is 0 Å². The van der Waals surface area contributed by atoms with Crippen molar-refractivity contribution in [2.45, 2.75) is 71.3 Å². The summed E-state index contributed by atoms with van der Waals surface area (Å²) in [7, 11) is -3.39. The maximum Gasteiger partial charge on any atom is 0.212 e. The molecule has 0 saturated carbocycles. The second-order valence-corrected chi connectivity index (χ2v) is 10.6. The molecule has 0 aromatic heterocycles. The largest absolute Gasteiger partial charge is 0.585 e. The summed E-state index contributed by atoms with van der Waals surface area (Å²) in [5.74, 6) is 0.0702. The van der Waals surface area contributed by atoms with Gasteiger partial charge in [0.15, 0.2) is 4.75 Å². The van der Waals surface area contributed by atoms with Gasteiger partial charge in [-0.2, -0.15) is 4.18 Å². The molecule has 1 aliphatic carbocycles. The van der Waals surface area contributed by atoms with E-state index in [-0.39, 0.29) is 5.75 Å². The number of rotatable bonds is 6. The number of hydrogen-bond donors (Lipinski definition) is 1. The van der Waals surface area contributed by atoms with E-state index in [1.807, 2.05) is 65.8 Å². The van der Waals surface area contributed by atoms with Crippen LogP contribution in [0.15, 0.2) is 24.3 Å². The first kappa shape index (κ1) is 22.4. The molecule has 5 nitrogen and oxygen atoms in total. The number of fused-ring (bicyclic) bond motifs is 1. The molecule has 144 valence electrons. The van der Waals surface area contributed by atoms with Crippen molar-refractivity contribution < 1.29 is 17.2 Å². The number of hydrogen-bond acceptors (Lipinski definition) is 4. The number of benzene rings is 1. The van der Waals surface area contributed by atoms with Crippen LogP contribution in [0.25, 0.3) is 0 Å². The number of sulfonamides is 1. The van der Waals surface area contributed by atoms with Gasteiger partial charge in [0, 0.05) is 6.42 Å². The fourth-order valence-corrected chi connectivity index (χ4v) is 4.58. The summed E-state index contributed by atoms with van der Waals surface area (Å²) in [6, 6.07) is 7.16. The molecule has 7 heteroatoms. The van der Waals surface area contributed by atoms with Crippen LogP contribution in [0.4, 0.5) is 0 Å². The van der Waals surface area contributed by atoms with Crippen molar-refractivity contribution in [3.63, 3.8) is 0 Å². The molecule has 25 heavy (non-hydrogen) atoms. The van der Waals surface area contributed by atoms with Crippen molar-refractivity contribution in [1.82, 2.24) is 4.72 Å². The zero-order chi connectivity index (χ0) is 19.3. The van der Waals surface area contributed by atoms with Gasteiger partial charge in [-0.05, 0) is 38.3 Å². The van der Waals surface area contributed by atoms with Crippen LogP contribution in [-0.2, 0) is 32.1 Å². The zero-order valence-electron chi connectivity index (χ0n) is 16.0. The maximum absolute atomic E-state index is 12.3. The molecule has 0 radical (unpaired) electrons. The molecule has 0 saturated heterocycles. The van der Waals surface area contributed by atoms with Crippen molar-refractivity contribution >= 4 is 21.5 Å². The average Bonchev–Trinajstić information content (AvgIpc) is 2.85. The van der Waals surface area contributed by atoms with E-state index in [1.165, 1.54) is 0 Å². The average molecular weight is 390 g/mol. The Hall–Kier alpha value is -0.600. The van der Waals surface area contributed by atoms with Gasteiger partial charge in [0.05, 0.1) is 11.8 Å². The van der Waals surface area contributed by atoms with Crippen molar-refractivity contribution in [2.24, 2.45) is 0 Å². The summed E-state index contributed by atoms with van der Waals surface area (Å²) >= 11 is -1.50. The van der Waals surface area contributed by atoms with Crippen LogP contribution >= 0.6 is 0 Å². The van der Waals surface area contributed by atoms with E-state index < -0.39 is 38.4 Å². The molecule has 1 aliphatic rings. The molecule has 0 bridgehead atoms. The highest BCUT2D eigenvalue weighted by molar-refractivity contribution is 7.89. The van der Waals surface area contributed by atoms with E-state index in [0.717, 1.165) is 11.1 Å². The topological polar surface area (TPSA) is 78.5 Å². The van der Waals surface area contributed by atoms with Crippen molar-refractivity contribution in [2.75, 3.05) is 5.75 Å². The summed E-state index contributed by atoms with van der Waals surface area (Å²) in [6.07, 6.45) is 0.638. The molecule has 0 fully saturated rings. The van der Waals surface area contributed by atoms with Crippen LogP contribution in [-0.4, -0.2) is 29.6 Å². The van der Waals surface area contributed by atoms with E-state index in [0.29, 0.717) is 12.8 Å². The second-order valence-electron chi connectivity index (χ2n) is 6.80. The Bertz CT molecular complexity index is 641. The summed E-state index contributed by atoms with van der Waals surface area (Å²) in [6.45, 7) is 11.3. The van der Waals surface area contributed by atoms with Gasteiger partial charge in [-0.3, -0.25) is 0 Å². The van der Waals surface area contributed by atoms with Gasteiger partial charge >= 0.3 is 0 Å². The Balaban J connectivity index is 0.00000151. The quantitative estimate of drug-likeness (QED) is 0.756. The predicted octanol–water partition coefficient (Wildman–Crippen LogP) is 3.49. The lowest BCUT2D eigenvalue weighted by molar-refractivity contribution is 0.179. The Kier molecular flexibility index (Phi) is 8.41. The normalized spacial score (nSPS) is 21.2. The van der Waals surface area contributed by atoms with Crippen LogP contribution in [0, 0.1) is 0 Å². The van der Waals surface area contributed by atoms with E-state index in [9.17, 15) is 13.0 Å². The third-order valence-electron chi connectivity index (χ3n) is 3.67. The molecule has 3 atom stereocenters. The Morgan fingerprint density at radius 1 is 1.28 bits per heavy atom. The third kappa shape index (κ3) is 6.25. The first-order valence-electron chi connectivity index (χ1n) is 8.81. The standard InChI is InChI=1S/C16H25NO4S2.C2H6/c1-5-10-23(19,20)17-15-13-9-7-6-8-12(13)11-14(15)21-22(18)16(2,3)4;1-2/h6-9,14-15,17H,5,10-11H2,1-4H3;1-2H3. The summed E-state index contributed by atoms with van der Waals surface area (Å²) in [5.41, 5.74) is 1.94. The van der Waals surface area contributed by atoms with Crippen LogP contribution < -0.4 is 4.72 Å². The molecule has 1 aromatic rings. The molecular formula is C18H31NO4S2. The minimum Gasteiger partial charge on any atom is -0.585 e. The molecule has 0 heterocycles. The Morgan fingerprint density at radius 3 is 2.44 bits per heavy atom. The Labute approximate surface area is 156 Å². The molecule has 0 amide bonds. The van der Waals surface area contributed by atoms with E-state index in [2.05, 4.69) is 4.72 Å². The summed E-state index contributed by atoms with van der Waals surface area (Å²) in [4.78, 5) is 0. The molecule has 0 spiro atoms.